The number of nitrogens with one attached hydrogen (secondary N) is 1. The molecule has 0 unspecified atom stereocenters. The van der Waals surface area contributed by atoms with Crippen LogP contribution in [0.1, 0.15) is 5.56 Å². The Hall–Kier alpha value is -3.48. The van der Waals surface area contributed by atoms with E-state index in [1.54, 1.807) is 29.2 Å². The Morgan fingerprint density at radius 1 is 1.13 bits per heavy atom. The quantitative estimate of drug-likeness (QED) is 0.445. The van der Waals surface area contributed by atoms with Gasteiger partial charge in [-0.2, -0.15) is 10.2 Å². The molecule has 1 aromatic heterocycles. The summed E-state index contributed by atoms with van der Waals surface area (Å²) in [5, 5.41) is 18.9. The standard InChI is InChI=1S/C16H13N5O2/c22-21(23)16-8-6-14(7-9-16)19-17-10-13-11-18-20(12-13)15-4-2-1-3-5-15/h1-12,19H. The Kier molecular flexibility index (Phi) is 4.10. The van der Waals surface area contributed by atoms with Crippen molar-refractivity contribution in [1.82, 2.24) is 9.78 Å². The molecule has 0 spiro atoms. The van der Waals surface area contributed by atoms with E-state index in [4.69, 9.17) is 0 Å². The van der Waals surface area contributed by atoms with Crippen molar-refractivity contribution < 1.29 is 4.92 Å². The maximum absolute atomic E-state index is 10.6. The lowest BCUT2D eigenvalue weighted by Crippen LogP contribution is -1.93. The summed E-state index contributed by atoms with van der Waals surface area (Å²) in [7, 11) is 0. The van der Waals surface area contributed by atoms with Gasteiger partial charge < -0.3 is 0 Å². The van der Waals surface area contributed by atoms with E-state index in [0.29, 0.717) is 5.69 Å². The molecule has 0 radical (unpaired) electrons. The molecule has 7 heteroatoms. The number of anilines is 1. The van der Waals surface area contributed by atoms with Crippen LogP contribution in [0.3, 0.4) is 0 Å². The number of hydrogen-bond acceptors (Lipinski definition) is 5. The molecule has 0 aliphatic rings. The van der Waals surface area contributed by atoms with Gasteiger partial charge in [0.1, 0.15) is 0 Å². The highest BCUT2D eigenvalue weighted by Gasteiger charge is 2.03. The number of hydrazone groups is 1. The van der Waals surface area contributed by atoms with E-state index in [1.807, 2.05) is 36.5 Å². The van der Waals surface area contributed by atoms with Gasteiger partial charge in [-0.1, -0.05) is 18.2 Å². The van der Waals surface area contributed by atoms with Crippen molar-refractivity contribution in [1.29, 1.82) is 0 Å². The minimum absolute atomic E-state index is 0.0451. The Balaban J connectivity index is 1.64. The highest BCUT2D eigenvalue weighted by molar-refractivity contribution is 5.79. The number of benzene rings is 2. The average molecular weight is 307 g/mol. The topological polar surface area (TPSA) is 85.3 Å². The van der Waals surface area contributed by atoms with Gasteiger partial charge >= 0.3 is 0 Å². The molecule has 0 atom stereocenters. The maximum Gasteiger partial charge on any atom is 0.269 e. The highest BCUT2D eigenvalue weighted by atomic mass is 16.6. The molecule has 3 aromatic rings. The Morgan fingerprint density at radius 3 is 2.57 bits per heavy atom. The summed E-state index contributed by atoms with van der Waals surface area (Å²) in [5.74, 6) is 0. The lowest BCUT2D eigenvalue weighted by Gasteiger charge is -1.99. The van der Waals surface area contributed by atoms with Crippen LogP contribution >= 0.6 is 0 Å². The van der Waals surface area contributed by atoms with Crippen LogP contribution in [0.15, 0.2) is 72.1 Å². The molecule has 0 amide bonds. The molecule has 2 aromatic carbocycles. The summed E-state index contributed by atoms with van der Waals surface area (Å²) in [6.07, 6.45) is 5.19. The van der Waals surface area contributed by atoms with Gasteiger partial charge in [0.15, 0.2) is 0 Å². The van der Waals surface area contributed by atoms with Crippen LogP contribution in [0.25, 0.3) is 5.69 Å². The molecule has 0 fully saturated rings. The molecule has 0 aliphatic heterocycles. The van der Waals surface area contributed by atoms with Crippen LogP contribution in [0, 0.1) is 10.1 Å². The molecule has 0 aliphatic carbocycles. The van der Waals surface area contributed by atoms with Gasteiger partial charge in [-0.15, -0.1) is 0 Å². The van der Waals surface area contributed by atoms with Gasteiger partial charge in [0.25, 0.3) is 5.69 Å². The smallest absolute Gasteiger partial charge is 0.269 e. The number of non-ortho nitro benzene ring substituents is 1. The van der Waals surface area contributed by atoms with E-state index >= 15 is 0 Å². The third kappa shape index (κ3) is 3.59. The summed E-state index contributed by atoms with van der Waals surface area (Å²) >= 11 is 0. The molecule has 0 saturated heterocycles. The molecule has 1 heterocycles. The molecule has 1 N–H and O–H groups in total. The van der Waals surface area contributed by atoms with Crippen molar-refractivity contribution >= 4 is 17.6 Å². The lowest BCUT2D eigenvalue weighted by molar-refractivity contribution is -0.384. The third-order valence-electron chi connectivity index (χ3n) is 3.11. The molecule has 3 rings (SSSR count). The predicted octanol–water partition coefficient (Wildman–Crippen LogP) is 3.23. The van der Waals surface area contributed by atoms with E-state index in [9.17, 15) is 10.1 Å². The molecule has 0 saturated carbocycles. The monoisotopic (exact) mass is 307 g/mol. The first-order valence-corrected chi connectivity index (χ1v) is 6.86. The fourth-order valence-corrected chi connectivity index (χ4v) is 1.96. The summed E-state index contributed by atoms with van der Waals surface area (Å²) < 4.78 is 1.76. The van der Waals surface area contributed by atoms with Gasteiger partial charge in [-0.05, 0) is 24.3 Å². The van der Waals surface area contributed by atoms with Crippen molar-refractivity contribution in [3.8, 4) is 5.69 Å². The van der Waals surface area contributed by atoms with Crippen molar-refractivity contribution in [2.24, 2.45) is 5.10 Å². The summed E-state index contributed by atoms with van der Waals surface area (Å²) in [6.45, 7) is 0. The van der Waals surface area contributed by atoms with Crippen LogP contribution in [0.5, 0.6) is 0 Å². The van der Waals surface area contributed by atoms with Crippen molar-refractivity contribution in [2.45, 2.75) is 0 Å². The molecule has 23 heavy (non-hydrogen) atoms. The zero-order valence-electron chi connectivity index (χ0n) is 12.0. The minimum Gasteiger partial charge on any atom is -0.278 e. The number of nitro groups is 1. The Bertz CT molecular complexity index is 825. The number of rotatable bonds is 5. The minimum atomic E-state index is -0.439. The number of para-hydroxylation sites is 1. The van der Waals surface area contributed by atoms with Crippen molar-refractivity contribution in [3.63, 3.8) is 0 Å². The average Bonchev–Trinajstić information content (AvgIpc) is 3.05. The molecule has 7 nitrogen and oxygen atoms in total. The van der Waals surface area contributed by atoms with E-state index in [-0.39, 0.29) is 5.69 Å². The van der Waals surface area contributed by atoms with E-state index in [1.165, 1.54) is 12.1 Å². The lowest BCUT2D eigenvalue weighted by atomic mass is 10.3. The van der Waals surface area contributed by atoms with Crippen LogP contribution in [0.2, 0.25) is 0 Å². The first-order chi connectivity index (χ1) is 11.2. The second kappa shape index (κ2) is 6.52. The zero-order valence-corrected chi connectivity index (χ0v) is 12.0. The second-order valence-corrected chi connectivity index (χ2v) is 4.73. The van der Waals surface area contributed by atoms with Crippen LogP contribution in [-0.4, -0.2) is 20.9 Å². The number of nitrogens with zero attached hydrogens (tertiary/aromatic N) is 4. The number of nitro benzene ring substituents is 1. The van der Waals surface area contributed by atoms with Gasteiger partial charge in [-0.3, -0.25) is 15.5 Å². The van der Waals surface area contributed by atoms with Gasteiger partial charge in [0.2, 0.25) is 0 Å². The summed E-state index contributed by atoms with van der Waals surface area (Å²) in [4.78, 5) is 10.1. The van der Waals surface area contributed by atoms with Crippen LogP contribution in [0.4, 0.5) is 11.4 Å². The van der Waals surface area contributed by atoms with E-state index in [2.05, 4.69) is 15.6 Å². The maximum atomic E-state index is 10.6. The second-order valence-electron chi connectivity index (χ2n) is 4.73. The van der Waals surface area contributed by atoms with Gasteiger partial charge in [0.05, 0.1) is 28.7 Å². The van der Waals surface area contributed by atoms with Crippen molar-refractivity contribution in [3.05, 3.63) is 82.7 Å². The van der Waals surface area contributed by atoms with Crippen LogP contribution in [-0.2, 0) is 0 Å². The molecular formula is C16H13N5O2. The third-order valence-corrected chi connectivity index (χ3v) is 3.11. The summed E-state index contributed by atoms with van der Waals surface area (Å²) in [6, 6.07) is 15.8. The number of aromatic nitrogens is 2. The number of hydrogen-bond donors (Lipinski definition) is 1. The Labute approximate surface area is 132 Å². The normalized spacial score (nSPS) is 10.8. The Morgan fingerprint density at radius 2 is 1.87 bits per heavy atom. The molecule has 0 bridgehead atoms. The SMILES string of the molecule is O=[N+]([O-])c1ccc(NN=Cc2cnn(-c3ccccc3)c2)cc1. The van der Waals surface area contributed by atoms with Crippen molar-refractivity contribution in [2.75, 3.05) is 5.43 Å². The van der Waals surface area contributed by atoms with Crippen LogP contribution < -0.4 is 5.43 Å². The van der Waals surface area contributed by atoms with E-state index in [0.717, 1.165) is 11.3 Å². The largest absolute Gasteiger partial charge is 0.278 e. The first kappa shape index (κ1) is 14.5. The first-order valence-electron chi connectivity index (χ1n) is 6.86. The fraction of sp³-hybridized carbons (Fsp3) is 0. The zero-order chi connectivity index (χ0) is 16.1. The molecular weight excluding hydrogens is 294 g/mol. The highest BCUT2D eigenvalue weighted by Crippen LogP contribution is 2.15. The molecule has 114 valence electrons. The summed E-state index contributed by atoms with van der Waals surface area (Å²) in [5.41, 5.74) is 5.34. The van der Waals surface area contributed by atoms with E-state index < -0.39 is 4.92 Å². The van der Waals surface area contributed by atoms with Gasteiger partial charge in [-0.25, -0.2) is 4.68 Å². The predicted molar refractivity (Wildman–Crippen MR) is 87.9 cm³/mol. The fourth-order valence-electron chi connectivity index (χ4n) is 1.96. The van der Waals surface area contributed by atoms with Gasteiger partial charge in [0, 0.05) is 23.9 Å².